The van der Waals surface area contributed by atoms with Crippen LogP contribution < -0.4 is 20.7 Å². The van der Waals surface area contributed by atoms with Crippen molar-refractivity contribution in [3.05, 3.63) is 86.4 Å². The van der Waals surface area contributed by atoms with Crippen LogP contribution in [-0.2, 0) is 52.9 Å². The summed E-state index contributed by atoms with van der Waals surface area (Å²) in [5.74, 6) is 2.51. The van der Waals surface area contributed by atoms with Crippen LogP contribution in [0.5, 0.6) is 5.75 Å². The van der Waals surface area contributed by atoms with Gasteiger partial charge < -0.3 is 75.2 Å². The summed E-state index contributed by atoms with van der Waals surface area (Å²) in [7, 11) is 0. The average Bonchev–Trinajstić information content (AvgIpc) is 3.74. The molecule has 3 aliphatic heterocycles. The zero-order valence-electron chi connectivity index (χ0n) is 41.0. The largest absolute Gasteiger partial charge is 0.479 e. The Morgan fingerprint density at radius 2 is 1.80 bits per heavy atom. The molecule has 396 valence electrons. The van der Waals surface area contributed by atoms with Crippen molar-refractivity contribution in [3.63, 3.8) is 0 Å². The second kappa shape index (κ2) is 22.8. The highest BCUT2D eigenvalue weighted by atomic mass is 19.1. The van der Waals surface area contributed by atoms with Gasteiger partial charge in [-0.15, -0.1) is 5.92 Å². The van der Waals surface area contributed by atoms with Crippen LogP contribution in [0.2, 0.25) is 0 Å². The standard InChI is InChI=1S/C52H60FN5O16/c1-4-52(3,69)33-19-37-42-31(21-58(37)48(65)32(33)23-70-25-59)41-35(14-13-29-26(2)34(53)20-36(56-42)40(29)41)57-51(68)72-22-27-12-15-38(73-50-45(63)43(61)44(62)46(74-50)49(66)67)30(18-27)47(64)55-17-16-54-39(60)24-71-28-10-8-6-5-7-9-11-28/h12,15,18-20,25,28,35,43-46,48,50,61-63,65,69H,4-8,10,13-14,16-17,21-24H2,1-3H3,(H,54,60)(H,55,64)(H,57,68)(H,66,67)/t28?,35-,43-,44-,45+,46-,48?,50+,52-/m0/s1. The highest BCUT2D eigenvalue weighted by Crippen LogP contribution is 2.48. The zero-order chi connectivity index (χ0) is 53.0. The second-order valence-corrected chi connectivity index (χ2v) is 19.0. The maximum absolute atomic E-state index is 15.5. The van der Waals surface area contributed by atoms with Crippen molar-refractivity contribution < 1.29 is 82.7 Å². The predicted octanol–water partition coefficient (Wildman–Crippen LogP) is 2.18. The number of aliphatic hydroxyl groups excluding tert-OH is 4. The smallest absolute Gasteiger partial charge is 0.407 e. The molecule has 5 aliphatic rings. The van der Waals surface area contributed by atoms with Crippen molar-refractivity contribution >= 4 is 46.9 Å². The number of pyridine rings is 1. The van der Waals surface area contributed by atoms with Crippen molar-refractivity contribution in [2.75, 3.05) is 26.3 Å². The molecule has 4 heterocycles. The van der Waals surface area contributed by atoms with Crippen LogP contribution in [0.15, 0.2) is 41.5 Å². The number of amides is 3. The predicted molar refractivity (Wildman–Crippen MR) is 258 cm³/mol. The van der Waals surface area contributed by atoms with E-state index in [-0.39, 0.29) is 74.3 Å². The van der Waals surface area contributed by atoms with Gasteiger partial charge in [0.2, 0.25) is 12.2 Å². The minimum atomic E-state index is -2.01. The molecule has 1 aromatic heterocycles. The lowest BCUT2D eigenvalue weighted by Gasteiger charge is -2.38. The number of nitrogens with one attached hydrogen (secondary N) is 3. The van der Waals surface area contributed by atoms with E-state index in [0.29, 0.717) is 69.4 Å². The van der Waals surface area contributed by atoms with Gasteiger partial charge in [0, 0.05) is 48.6 Å². The van der Waals surface area contributed by atoms with E-state index in [1.165, 1.54) is 24.3 Å². The van der Waals surface area contributed by atoms with Crippen molar-refractivity contribution in [1.82, 2.24) is 25.8 Å². The summed E-state index contributed by atoms with van der Waals surface area (Å²) < 4.78 is 43.1. The Balaban J connectivity index is 1.01. The summed E-state index contributed by atoms with van der Waals surface area (Å²) in [4.78, 5) is 69.9. The Hall–Kier alpha value is -6.71. The zero-order valence-corrected chi connectivity index (χ0v) is 41.0. The van der Waals surface area contributed by atoms with Crippen LogP contribution in [0.3, 0.4) is 0 Å². The SMILES string of the molecule is CC[C@](C)(O)C1=C(COC=O)C(O)N2Cc3c(nc4cc(F)c(C)c5c4c3[C@@H](NC(=O)OCc3ccc(O[C@@H]4O[C@H](C(=O)O)[C@@H](O)[C@H](O)[C@H]4O)c(C(=O)NCCNC(=O)COC4C#CCCCCC4)c3)CC5)C2=C1. The van der Waals surface area contributed by atoms with Gasteiger partial charge in [-0.05, 0) is 98.4 Å². The van der Waals surface area contributed by atoms with Gasteiger partial charge in [0.15, 0.2) is 12.3 Å². The summed E-state index contributed by atoms with van der Waals surface area (Å²) in [6.45, 7) is 4.30. The molecule has 0 saturated carbocycles. The molecule has 22 heteroatoms. The number of nitrogens with zero attached hydrogens (tertiary/aromatic N) is 2. The lowest BCUT2D eigenvalue weighted by atomic mass is 9.81. The van der Waals surface area contributed by atoms with Crippen molar-refractivity contribution in [2.45, 2.75) is 140 Å². The molecule has 3 aromatic rings. The van der Waals surface area contributed by atoms with E-state index >= 15 is 4.39 Å². The molecular weight excluding hydrogens is 970 g/mol. The van der Waals surface area contributed by atoms with Gasteiger partial charge in [0.25, 0.3) is 12.4 Å². The Morgan fingerprint density at radius 3 is 2.55 bits per heavy atom. The molecule has 0 bridgehead atoms. The van der Waals surface area contributed by atoms with Crippen LogP contribution in [-0.4, -0.2) is 146 Å². The third kappa shape index (κ3) is 11.2. The van der Waals surface area contributed by atoms with E-state index in [1.54, 1.807) is 31.7 Å². The molecule has 8 rings (SSSR count). The first-order chi connectivity index (χ1) is 35.4. The Kier molecular flexibility index (Phi) is 16.5. The topological polar surface area (TPSA) is 305 Å². The molecule has 9 N–H and O–H groups in total. The van der Waals surface area contributed by atoms with Crippen LogP contribution in [0.25, 0.3) is 16.6 Å². The first-order valence-electron chi connectivity index (χ1n) is 24.5. The summed E-state index contributed by atoms with van der Waals surface area (Å²) >= 11 is 0. The lowest BCUT2D eigenvalue weighted by molar-refractivity contribution is -0.271. The molecule has 3 amide bonds. The third-order valence-electron chi connectivity index (χ3n) is 14.2. The highest BCUT2D eigenvalue weighted by molar-refractivity contribution is 5.97. The number of rotatable bonds is 18. The second-order valence-electron chi connectivity index (χ2n) is 19.0. The lowest BCUT2D eigenvalue weighted by Crippen LogP contribution is -2.61. The number of carbonyl (C=O) groups is 5. The summed E-state index contributed by atoms with van der Waals surface area (Å²) in [5.41, 5.74) is 2.77. The number of hydrogen-bond donors (Lipinski definition) is 9. The molecule has 0 radical (unpaired) electrons. The number of carboxylic acid groups (broad SMARTS) is 1. The third-order valence-corrected chi connectivity index (χ3v) is 14.2. The van der Waals surface area contributed by atoms with Crippen molar-refractivity contribution in [2.24, 2.45) is 0 Å². The number of aliphatic carboxylic acids is 1. The van der Waals surface area contributed by atoms with Crippen LogP contribution in [0, 0.1) is 24.6 Å². The molecule has 9 atom stereocenters. The van der Waals surface area contributed by atoms with Gasteiger partial charge in [-0.3, -0.25) is 14.4 Å². The summed E-state index contributed by atoms with van der Waals surface area (Å²) in [6.07, 6.45) is -5.34. The fourth-order valence-electron chi connectivity index (χ4n) is 9.93. The number of aryl methyl sites for hydroxylation is 1. The fraction of sp³-hybridized carbons (Fsp3) is 0.500. The van der Waals surface area contributed by atoms with Gasteiger partial charge in [0.1, 0.15) is 55.8 Å². The van der Waals surface area contributed by atoms with E-state index < -0.39 is 84.9 Å². The summed E-state index contributed by atoms with van der Waals surface area (Å²) in [6, 6.07) is 4.61. The van der Waals surface area contributed by atoms with Gasteiger partial charge in [0.05, 0.1) is 34.1 Å². The van der Waals surface area contributed by atoms with Crippen molar-refractivity contribution in [1.29, 1.82) is 0 Å². The van der Waals surface area contributed by atoms with E-state index in [0.717, 1.165) is 25.7 Å². The maximum Gasteiger partial charge on any atom is 0.407 e. The summed E-state index contributed by atoms with van der Waals surface area (Å²) in [5, 5.41) is 73.1. The molecule has 1 fully saturated rings. The molecule has 0 spiro atoms. The van der Waals surface area contributed by atoms with Crippen LogP contribution >= 0.6 is 0 Å². The minimum absolute atomic E-state index is 0.0160. The van der Waals surface area contributed by atoms with E-state index in [2.05, 4.69) is 27.8 Å². The molecule has 2 aromatic carbocycles. The van der Waals surface area contributed by atoms with Crippen LogP contribution in [0.4, 0.5) is 9.18 Å². The van der Waals surface area contributed by atoms with Crippen LogP contribution in [0.1, 0.15) is 109 Å². The number of aliphatic hydroxyl groups is 5. The number of hydrogen-bond acceptors (Lipinski definition) is 17. The molecule has 2 aliphatic carbocycles. The number of ether oxygens (including phenoxy) is 5. The minimum Gasteiger partial charge on any atom is -0.479 e. The molecule has 21 nitrogen and oxygen atoms in total. The quantitative estimate of drug-likeness (QED) is 0.0501. The molecule has 74 heavy (non-hydrogen) atoms. The van der Waals surface area contributed by atoms with Gasteiger partial charge in [-0.25, -0.2) is 19.0 Å². The number of carbonyl (C=O) groups excluding carboxylic acids is 4. The normalized spacial score (nSPS) is 24.9. The van der Waals surface area contributed by atoms with Gasteiger partial charge >= 0.3 is 12.1 Å². The Morgan fingerprint density at radius 1 is 1.01 bits per heavy atom. The first kappa shape index (κ1) is 53.6. The number of carboxylic acids is 1. The number of halogens is 1. The van der Waals surface area contributed by atoms with E-state index in [9.17, 15) is 54.6 Å². The number of alkyl carbamates (subject to hydrolysis) is 1. The number of fused-ring (bicyclic) bond motifs is 4. The molecule has 2 unspecified atom stereocenters. The first-order valence-corrected chi connectivity index (χ1v) is 24.5. The van der Waals surface area contributed by atoms with E-state index in [4.69, 9.17) is 28.7 Å². The molecule has 1 saturated heterocycles. The highest BCUT2D eigenvalue weighted by Gasteiger charge is 2.49. The van der Waals surface area contributed by atoms with Gasteiger partial charge in [-0.2, -0.15) is 0 Å². The van der Waals surface area contributed by atoms with E-state index in [1.807, 2.05) is 0 Å². The fourth-order valence-corrected chi connectivity index (χ4v) is 9.93. The number of benzene rings is 2. The Labute approximate surface area is 424 Å². The monoisotopic (exact) mass is 1030 g/mol. The Bertz CT molecular complexity index is 2830. The number of aromatic nitrogens is 1. The van der Waals surface area contributed by atoms with Crippen molar-refractivity contribution in [3.8, 4) is 17.6 Å². The van der Waals surface area contributed by atoms with Gasteiger partial charge in [-0.1, -0.05) is 25.3 Å². The average molecular weight is 1030 g/mol. The maximum atomic E-state index is 15.5. The molecular formula is C52H60FN5O16.